The van der Waals surface area contributed by atoms with Gasteiger partial charge in [-0.05, 0) is 62.1 Å². The first-order chi connectivity index (χ1) is 14.0. The summed E-state index contributed by atoms with van der Waals surface area (Å²) in [5, 5.41) is 7.17. The van der Waals surface area contributed by atoms with Gasteiger partial charge in [-0.25, -0.2) is 9.48 Å². The zero-order valence-electron chi connectivity index (χ0n) is 16.6. The molecule has 0 radical (unpaired) electrons. The zero-order chi connectivity index (χ0) is 20.8. The van der Waals surface area contributed by atoms with Gasteiger partial charge in [-0.3, -0.25) is 4.79 Å². The molecule has 1 aromatic heterocycles. The topological polar surface area (TPSA) is 73.2 Å². The number of amides is 1. The summed E-state index contributed by atoms with van der Waals surface area (Å²) in [7, 11) is 0. The number of aromatic nitrogens is 2. The van der Waals surface area contributed by atoms with Crippen LogP contribution in [-0.4, -0.2) is 34.5 Å². The molecule has 1 heterocycles. The highest BCUT2D eigenvalue weighted by Gasteiger charge is 2.16. The van der Waals surface area contributed by atoms with E-state index in [1.807, 2.05) is 24.3 Å². The van der Waals surface area contributed by atoms with Crippen LogP contribution in [0.1, 0.15) is 38.9 Å². The summed E-state index contributed by atoms with van der Waals surface area (Å²) >= 11 is 1.76. The van der Waals surface area contributed by atoms with Crippen LogP contribution in [0.2, 0.25) is 0 Å². The van der Waals surface area contributed by atoms with Crippen molar-refractivity contribution < 1.29 is 14.3 Å². The highest BCUT2D eigenvalue weighted by atomic mass is 32.2. The second-order valence-electron chi connectivity index (χ2n) is 6.41. The number of carbonyl (C=O) groups is 2. The van der Waals surface area contributed by atoms with E-state index in [0.717, 1.165) is 17.1 Å². The maximum Gasteiger partial charge on any atom is 0.341 e. The molecule has 1 N–H and O–H groups in total. The van der Waals surface area contributed by atoms with Gasteiger partial charge in [0.1, 0.15) is 5.56 Å². The van der Waals surface area contributed by atoms with Gasteiger partial charge in [0.2, 0.25) is 0 Å². The molecule has 1 amide bonds. The number of anilines is 1. The summed E-state index contributed by atoms with van der Waals surface area (Å²) in [4.78, 5) is 24.5. The molecule has 0 saturated carbocycles. The van der Waals surface area contributed by atoms with Crippen molar-refractivity contribution in [1.29, 1.82) is 0 Å². The Hall–Kier alpha value is -3.06. The van der Waals surface area contributed by atoms with Crippen molar-refractivity contribution in [3.63, 3.8) is 0 Å². The fourth-order valence-corrected chi connectivity index (χ4v) is 3.41. The predicted molar refractivity (Wildman–Crippen MR) is 116 cm³/mol. The lowest BCUT2D eigenvalue weighted by atomic mass is 10.1. The SMILES string of the molecule is CCOC(=O)c1cnn(-c2ccc(C(=O)Nc3ccc(CSC)cc3)cc2)c1C. The lowest BCUT2D eigenvalue weighted by Gasteiger charge is -2.08. The summed E-state index contributed by atoms with van der Waals surface area (Å²) in [6, 6.07) is 14.9. The van der Waals surface area contributed by atoms with Crippen molar-refractivity contribution in [2.24, 2.45) is 0 Å². The molecule has 2 aromatic carbocycles. The standard InChI is InChI=1S/C22H23N3O3S/c1-4-28-22(27)20-13-23-25(15(20)2)19-11-7-17(8-12-19)21(26)24-18-9-5-16(6-10-18)14-29-3/h5-13H,4,14H2,1-3H3,(H,24,26). The van der Waals surface area contributed by atoms with E-state index in [2.05, 4.69) is 16.7 Å². The molecule has 29 heavy (non-hydrogen) atoms. The van der Waals surface area contributed by atoms with Crippen LogP contribution in [0.4, 0.5) is 5.69 Å². The first-order valence-electron chi connectivity index (χ1n) is 9.25. The van der Waals surface area contributed by atoms with Gasteiger partial charge in [-0.1, -0.05) is 12.1 Å². The third kappa shape index (κ3) is 4.86. The molecule has 0 saturated heterocycles. The van der Waals surface area contributed by atoms with E-state index in [1.54, 1.807) is 54.6 Å². The number of rotatable bonds is 7. The summed E-state index contributed by atoms with van der Waals surface area (Å²) in [5.41, 5.74) is 4.39. The van der Waals surface area contributed by atoms with Gasteiger partial charge in [-0.2, -0.15) is 16.9 Å². The number of benzene rings is 2. The highest BCUT2D eigenvalue weighted by Crippen LogP contribution is 2.18. The van der Waals surface area contributed by atoms with Crippen molar-refractivity contribution in [3.8, 4) is 5.69 Å². The number of hydrogen-bond donors (Lipinski definition) is 1. The average Bonchev–Trinajstić information content (AvgIpc) is 3.11. The van der Waals surface area contributed by atoms with Crippen molar-refractivity contribution in [2.75, 3.05) is 18.2 Å². The third-order valence-electron chi connectivity index (χ3n) is 4.40. The smallest absolute Gasteiger partial charge is 0.341 e. The Kier molecular flexibility index (Phi) is 6.72. The lowest BCUT2D eigenvalue weighted by molar-refractivity contribution is 0.0525. The van der Waals surface area contributed by atoms with Crippen molar-refractivity contribution in [2.45, 2.75) is 19.6 Å². The largest absolute Gasteiger partial charge is 0.462 e. The van der Waals surface area contributed by atoms with E-state index in [1.165, 1.54) is 11.8 Å². The Morgan fingerprint density at radius 2 is 1.79 bits per heavy atom. The van der Waals surface area contributed by atoms with Crippen LogP contribution in [-0.2, 0) is 10.5 Å². The van der Waals surface area contributed by atoms with E-state index in [0.29, 0.717) is 23.4 Å². The molecular weight excluding hydrogens is 386 g/mol. The van der Waals surface area contributed by atoms with Gasteiger partial charge in [-0.15, -0.1) is 0 Å². The van der Waals surface area contributed by atoms with Gasteiger partial charge in [0.25, 0.3) is 5.91 Å². The zero-order valence-corrected chi connectivity index (χ0v) is 17.5. The number of carbonyl (C=O) groups excluding carboxylic acids is 2. The summed E-state index contributed by atoms with van der Waals surface area (Å²) in [6.45, 7) is 3.88. The Morgan fingerprint density at radius 1 is 1.10 bits per heavy atom. The normalized spacial score (nSPS) is 10.6. The fourth-order valence-electron chi connectivity index (χ4n) is 2.89. The lowest BCUT2D eigenvalue weighted by Crippen LogP contribution is -2.12. The molecule has 0 spiro atoms. The molecule has 150 valence electrons. The molecule has 0 fully saturated rings. The van der Waals surface area contributed by atoms with E-state index < -0.39 is 5.97 Å². The number of thioether (sulfide) groups is 1. The van der Waals surface area contributed by atoms with Gasteiger partial charge >= 0.3 is 5.97 Å². The molecule has 0 aliphatic heterocycles. The molecule has 0 unspecified atom stereocenters. The molecule has 6 nitrogen and oxygen atoms in total. The van der Waals surface area contributed by atoms with Gasteiger partial charge in [0.05, 0.1) is 24.2 Å². The first kappa shape index (κ1) is 20.7. The fraction of sp³-hybridized carbons (Fsp3) is 0.227. The van der Waals surface area contributed by atoms with Crippen molar-refractivity contribution in [3.05, 3.63) is 77.1 Å². The molecular formula is C22H23N3O3S. The van der Waals surface area contributed by atoms with Crippen LogP contribution >= 0.6 is 11.8 Å². The number of nitrogens with zero attached hydrogens (tertiary/aromatic N) is 2. The molecule has 7 heteroatoms. The van der Waals surface area contributed by atoms with E-state index in [9.17, 15) is 9.59 Å². The summed E-state index contributed by atoms with van der Waals surface area (Å²) in [5.74, 6) is 0.370. The van der Waals surface area contributed by atoms with Crippen LogP contribution < -0.4 is 5.32 Å². The molecule has 3 aromatic rings. The maximum atomic E-state index is 12.5. The van der Waals surface area contributed by atoms with Crippen LogP contribution in [0.5, 0.6) is 0 Å². The molecule has 3 rings (SSSR count). The van der Waals surface area contributed by atoms with Crippen LogP contribution in [0.15, 0.2) is 54.7 Å². The molecule has 0 bridgehead atoms. The molecule has 0 aliphatic rings. The van der Waals surface area contributed by atoms with Crippen LogP contribution in [0.25, 0.3) is 5.69 Å². The monoisotopic (exact) mass is 409 g/mol. The second-order valence-corrected chi connectivity index (χ2v) is 7.27. The van der Waals surface area contributed by atoms with Gasteiger partial charge < -0.3 is 10.1 Å². The number of hydrogen-bond acceptors (Lipinski definition) is 5. The Labute approximate surface area is 174 Å². The van der Waals surface area contributed by atoms with Crippen LogP contribution in [0, 0.1) is 6.92 Å². The first-order valence-corrected chi connectivity index (χ1v) is 10.6. The van der Waals surface area contributed by atoms with E-state index >= 15 is 0 Å². The Bertz CT molecular complexity index is 995. The molecule has 0 atom stereocenters. The number of ether oxygens (including phenoxy) is 1. The minimum atomic E-state index is -0.393. The van der Waals surface area contributed by atoms with Crippen molar-refractivity contribution >= 4 is 29.3 Å². The molecule has 0 aliphatic carbocycles. The Morgan fingerprint density at radius 3 is 2.41 bits per heavy atom. The van der Waals surface area contributed by atoms with Crippen molar-refractivity contribution in [1.82, 2.24) is 9.78 Å². The minimum absolute atomic E-state index is 0.182. The summed E-state index contributed by atoms with van der Waals surface area (Å²) in [6.07, 6.45) is 3.55. The van der Waals surface area contributed by atoms with Crippen LogP contribution in [0.3, 0.4) is 0 Å². The number of esters is 1. The summed E-state index contributed by atoms with van der Waals surface area (Å²) < 4.78 is 6.69. The Balaban J connectivity index is 1.71. The minimum Gasteiger partial charge on any atom is -0.462 e. The third-order valence-corrected chi connectivity index (χ3v) is 5.02. The second kappa shape index (κ2) is 9.43. The van der Waals surface area contributed by atoms with Gasteiger partial charge in [0, 0.05) is 17.0 Å². The highest BCUT2D eigenvalue weighted by molar-refractivity contribution is 7.97. The average molecular weight is 410 g/mol. The quantitative estimate of drug-likeness (QED) is 0.583. The van der Waals surface area contributed by atoms with E-state index in [4.69, 9.17) is 4.74 Å². The number of nitrogens with one attached hydrogen (secondary N) is 1. The van der Waals surface area contributed by atoms with Gasteiger partial charge in [0.15, 0.2) is 0 Å². The maximum absolute atomic E-state index is 12.5. The van der Waals surface area contributed by atoms with E-state index in [-0.39, 0.29) is 5.91 Å². The predicted octanol–water partition coefficient (Wildman–Crippen LogP) is 4.47.